The molecule has 1 heterocycles. The fourth-order valence-corrected chi connectivity index (χ4v) is 1.91. The second-order valence-corrected chi connectivity index (χ2v) is 5.20. The first-order valence-electron chi connectivity index (χ1n) is 7.24. The lowest BCUT2D eigenvalue weighted by atomic mass is 10.1. The Morgan fingerprint density at radius 2 is 1.87 bits per heavy atom. The van der Waals surface area contributed by atoms with Crippen molar-refractivity contribution in [2.75, 3.05) is 14.1 Å². The number of nitrogens with one attached hydrogen (secondary N) is 1. The third kappa shape index (κ3) is 5.07. The van der Waals surface area contributed by atoms with E-state index in [4.69, 9.17) is 0 Å². The summed E-state index contributed by atoms with van der Waals surface area (Å²) in [4.78, 5) is 29.2. The van der Waals surface area contributed by atoms with Crippen LogP contribution in [0.15, 0.2) is 54.7 Å². The highest BCUT2D eigenvalue weighted by Crippen LogP contribution is 2.06. The van der Waals surface area contributed by atoms with Crippen LogP contribution in [0, 0.1) is 0 Å². The van der Waals surface area contributed by atoms with Crippen molar-refractivity contribution in [2.24, 2.45) is 0 Å². The number of carbonyl (C=O) groups is 2. The van der Waals surface area contributed by atoms with Gasteiger partial charge in [-0.15, -0.1) is 0 Å². The van der Waals surface area contributed by atoms with Crippen molar-refractivity contribution >= 4 is 17.9 Å². The van der Waals surface area contributed by atoms with Crippen LogP contribution in [0.2, 0.25) is 0 Å². The molecule has 2 amide bonds. The number of hydrogen-bond donors (Lipinski definition) is 1. The van der Waals surface area contributed by atoms with Crippen LogP contribution >= 0.6 is 0 Å². The summed E-state index contributed by atoms with van der Waals surface area (Å²) in [5, 5.41) is 2.79. The monoisotopic (exact) mass is 309 g/mol. The van der Waals surface area contributed by atoms with Gasteiger partial charge < -0.3 is 10.2 Å². The minimum Gasteiger partial charge on any atom is -0.348 e. The van der Waals surface area contributed by atoms with E-state index in [2.05, 4.69) is 10.3 Å². The molecule has 5 heteroatoms. The van der Waals surface area contributed by atoms with Gasteiger partial charge in [-0.1, -0.05) is 18.2 Å². The van der Waals surface area contributed by atoms with Crippen LogP contribution in [0.25, 0.3) is 6.08 Å². The molecule has 2 aromatic rings. The lowest BCUT2D eigenvalue weighted by Gasteiger charge is -2.10. The van der Waals surface area contributed by atoms with Crippen LogP contribution in [0.4, 0.5) is 0 Å². The molecular weight excluding hydrogens is 290 g/mol. The lowest BCUT2D eigenvalue weighted by molar-refractivity contribution is -0.116. The van der Waals surface area contributed by atoms with Crippen molar-refractivity contribution in [3.63, 3.8) is 0 Å². The summed E-state index contributed by atoms with van der Waals surface area (Å²) >= 11 is 0. The first-order chi connectivity index (χ1) is 11.1. The van der Waals surface area contributed by atoms with Gasteiger partial charge in [-0.05, 0) is 35.9 Å². The van der Waals surface area contributed by atoms with Gasteiger partial charge in [-0.2, -0.15) is 0 Å². The van der Waals surface area contributed by atoms with Crippen molar-refractivity contribution in [3.05, 3.63) is 71.6 Å². The van der Waals surface area contributed by atoms with Crippen molar-refractivity contribution in [3.8, 4) is 0 Å². The highest BCUT2D eigenvalue weighted by atomic mass is 16.2. The molecule has 0 spiro atoms. The van der Waals surface area contributed by atoms with E-state index in [-0.39, 0.29) is 11.8 Å². The van der Waals surface area contributed by atoms with E-state index >= 15 is 0 Å². The lowest BCUT2D eigenvalue weighted by Crippen LogP contribution is -2.22. The molecule has 0 aliphatic rings. The third-order valence-electron chi connectivity index (χ3n) is 3.17. The second kappa shape index (κ2) is 7.89. The second-order valence-electron chi connectivity index (χ2n) is 5.20. The number of benzene rings is 1. The zero-order valence-electron chi connectivity index (χ0n) is 13.2. The number of pyridine rings is 1. The Labute approximate surface area is 135 Å². The quantitative estimate of drug-likeness (QED) is 0.861. The molecule has 1 aromatic heterocycles. The van der Waals surface area contributed by atoms with Gasteiger partial charge in [-0.25, -0.2) is 0 Å². The highest BCUT2D eigenvalue weighted by molar-refractivity contribution is 5.94. The van der Waals surface area contributed by atoms with Crippen LogP contribution in [-0.2, 0) is 11.3 Å². The Hall–Kier alpha value is -2.95. The molecule has 0 radical (unpaired) electrons. The summed E-state index contributed by atoms with van der Waals surface area (Å²) < 4.78 is 0. The van der Waals surface area contributed by atoms with Crippen molar-refractivity contribution < 1.29 is 9.59 Å². The van der Waals surface area contributed by atoms with Gasteiger partial charge in [0, 0.05) is 38.5 Å². The summed E-state index contributed by atoms with van der Waals surface area (Å²) in [5.41, 5.74) is 2.29. The molecule has 1 N–H and O–H groups in total. The van der Waals surface area contributed by atoms with Gasteiger partial charge in [0.25, 0.3) is 5.91 Å². The van der Waals surface area contributed by atoms with E-state index in [9.17, 15) is 9.59 Å². The van der Waals surface area contributed by atoms with E-state index in [1.54, 1.807) is 38.5 Å². The maximum Gasteiger partial charge on any atom is 0.253 e. The average molecular weight is 309 g/mol. The topological polar surface area (TPSA) is 62.3 Å². The predicted molar refractivity (Wildman–Crippen MR) is 89.6 cm³/mol. The Kier molecular flexibility index (Phi) is 5.63. The Morgan fingerprint density at radius 3 is 2.48 bits per heavy atom. The zero-order valence-corrected chi connectivity index (χ0v) is 13.2. The molecule has 1 aromatic carbocycles. The molecule has 0 saturated heterocycles. The molecule has 2 rings (SSSR count). The molecule has 0 saturated carbocycles. The molecule has 118 valence electrons. The summed E-state index contributed by atoms with van der Waals surface area (Å²) in [6.45, 7) is 0.405. The van der Waals surface area contributed by atoms with Gasteiger partial charge >= 0.3 is 0 Å². The molecule has 0 atom stereocenters. The smallest absolute Gasteiger partial charge is 0.253 e. The van der Waals surface area contributed by atoms with E-state index in [1.807, 2.05) is 30.3 Å². The highest BCUT2D eigenvalue weighted by Gasteiger charge is 2.07. The van der Waals surface area contributed by atoms with Crippen LogP contribution in [-0.4, -0.2) is 35.8 Å². The molecule has 5 nitrogen and oxygen atoms in total. The Balaban J connectivity index is 1.87. The normalized spacial score (nSPS) is 10.5. The summed E-state index contributed by atoms with van der Waals surface area (Å²) in [6.07, 6.45) is 4.79. The van der Waals surface area contributed by atoms with Gasteiger partial charge in [0.2, 0.25) is 5.91 Å². The molecule has 0 aliphatic carbocycles. The fraction of sp³-hybridized carbons (Fsp3) is 0.167. The van der Waals surface area contributed by atoms with Crippen molar-refractivity contribution in [2.45, 2.75) is 6.54 Å². The van der Waals surface area contributed by atoms with Gasteiger partial charge in [0.05, 0.1) is 5.69 Å². The Morgan fingerprint density at radius 1 is 1.13 bits per heavy atom. The van der Waals surface area contributed by atoms with Crippen LogP contribution < -0.4 is 5.32 Å². The third-order valence-corrected chi connectivity index (χ3v) is 3.17. The van der Waals surface area contributed by atoms with Crippen LogP contribution in [0.5, 0.6) is 0 Å². The molecular formula is C18H19N3O2. The maximum atomic E-state index is 11.8. The molecule has 0 unspecified atom stereocenters. The average Bonchev–Trinajstić information content (AvgIpc) is 2.58. The van der Waals surface area contributed by atoms with Crippen molar-refractivity contribution in [1.29, 1.82) is 0 Å². The first-order valence-corrected chi connectivity index (χ1v) is 7.24. The minimum absolute atomic E-state index is 0.0427. The van der Waals surface area contributed by atoms with Crippen molar-refractivity contribution in [1.82, 2.24) is 15.2 Å². The number of amides is 2. The summed E-state index contributed by atoms with van der Waals surface area (Å²) in [5.74, 6) is -0.233. The molecule has 23 heavy (non-hydrogen) atoms. The maximum absolute atomic E-state index is 11.8. The van der Waals surface area contributed by atoms with E-state index in [1.165, 1.54) is 11.0 Å². The van der Waals surface area contributed by atoms with E-state index in [0.29, 0.717) is 12.1 Å². The molecule has 0 fully saturated rings. The van der Waals surface area contributed by atoms with Crippen LogP contribution in [0.1, 0.15) is 21.6 Å². The van der Waals surface area contributed by atoms with E-state index < -0.39 is 0 Å². The first kappa shape index (κ1) is 16.4. The standard InChI is InChI=1S/C18H19N3O2/c1-21(2)18(23)15-8-6-14(7-9-15)13-20-17(22)11-10-16-5-3-4-12-19-16/h3-12H,13H2,1-2H3,(H,20,22)/b11-10+. The number of aromatic nitrogens is 1. The zero-order chi connectivity index (χ0) is 16.7. The minimum atomic E-state index is -0.191. The Bertz CT molecular complexity index is 692. The van der Waals surface area contributed by atoms with Gasteiger partial charge in [0.15, 0.2) is 0 Å². The number of rotatable bonds is 5. The summed E-state index contributed by atoms with van der Waals surface area (Å²) in [6, 6.07) is 12.7. The number of hydrogen-bond acceptors (Lipinski definition) is 3. The van der Waals surface area contributed by atoms with Gasteiger partial charge in [-0.3, -0.25) is 14.6 Å². The molecule has 0 bridgehead atoms. The van der Waals surface area contributed by atoms with E-state index in [0.717, 1.165) is 11.3 Å². The summed E-state index contributed by atoms with van der Waals surface area (Å²) in [7, 11) is 3.43. The van der Waals surface area contributed by atoms with Crippen LogP contribution in [0.3, 0.4) is 0 Å². The predicted octanol–water partition coefficient (Wildman–Crippen LogP) is 2.11. The SMILES string of the molecule is CN(C)C(=O)c1ccc(CNC(=O)/C=C/c2ccccn2)cc1. The number of carbonyl (C=O) groups excluding carboxylic acids is 2. The van der Waals surface area contributed by atoms with Gasteiger partial charge in [0.1, 0.15) is 0 Å². The molecule has 0 aliphatic heterocycles. The number of nitrogens with zero attached hydrogens (tertiary/aromatic N) is 2. The largest absolute Gasteiger partial charge is 0.348 e. The fourth-order valence-electron chi connectivity index (χ4n) is 1.91.